The molecule has 1 saturated heterocycles. The second-order valence-electron chi connectivity index (χ2n) is 6.42. The molecule has 1 aliphatic heterocycles. The number of nitrogens with one attached hydrogen (secondary N) is 1. The molecule has 0 bridgehead atoms. The SMILES string of the molecule is Cc1ccc(N)cc1C(=O)N1CCC(NC(=O)C2CC2)CC1. The summed E-state index contributed by atoms with van der Waals surface area (Å²) in [6.45, 7) is 3.29. The molecule has 1 aromatic carbocycles. The average Bonchev–Trinajstić information content (AvgIpc) is 3.34. The number of nitrogen functional groups attached to an aromatic ring is 1. The van der Waals surface area contributed by atoms with E-state index in [2.05, 4.69) is 5.32 Å². The molecule has 2 fully saturated rings. The minimum Gasteiger partial charge on any atom is -0.399 e. The van der Waals surface area contributed by atoms with Gasteiger partial charge in [-0.25, -0.2) is 0 Å². The first-order valence-electron chi connectivity index (χ1n) is 8.00. The molecule has 2 aliphatic rings. The van der Waals surface area contributed by atoms with E-state index in [0.717, 1.165) is 31.2 Å². The highest BCUT2D eigenvalue weighted by Gasteiger charge is 2.32. The molecule has 118 valence electrons. The Bertz CT molecular complexity index is 588. The fourth-order valence-electron chi connectivity index (χ4n) is 2.93. The van der Waals surface area contributed by atoms with Crippen LogP contribution in [0.25, 0.3) is 0 Å². The van der Waals surface area contributed by atoms with Gasteiger partial charge >= 0.3 is 0 Å². The van der Waals surface area contributed by atoms with Gasteiger partial charge in [0.1, 0.15) is 0 Å². The number of anilines is 1. The second-order valence-corrected chi connectivity index (χ2v) is 6.42. The third-order valence-electron chi connectivity index (χ3n) is 4.57. The Morgan fingerprint density at radius 3 is 2.50 bits per heavy atom. The van der Waals surface area contributed by atoms with Gasteiger partial charge in [0, 0.05) is 36.3 Å². The van der Waals surface area contributed by atoms with Crippen LogP contribution in [0.4, 0.5) is 5.69 Å². The van der Waals surface area contributed by atoms with Gasteiger partial charge in [-0.15, -0.1) is 0 Å². The van der Waals surface area contributed by atoms with Crippen molar-refractivity contribution >= 4 is 17.5 Å². The third kappa shape index (κ3) is 3.24. The molecular formula is C17H23N3O2. The summed E-state index contributed by atoms with van der Waals surface area (Å²) in [7, 11) is 0. The molecule has 2 amide bonds. The van der Waals surface area contributed by atoms with Crippen molar-refractivity contribution in [3.8, 4) is 0 Å². The van der Waals surface area contributed by atoms with Crippen molar-refractivity contribution in [2.75, 3.05) is 18.8 Å². The molecule has 3 N–H and O–H groups in total. The van der Waals surface area contributed by atoms with Crippen LogP contribution in [-0.2, 0) is 4.79 Å². The first kappa shape index (κ1) is 14.9. The van der Waals surface area contributed by atoms with Crippen molar-refractivity contribution < 1.29 is 9.59 Å². The summed E-state index contributed by atoms with van der Waals surface area (Å²) in [5.41, 5.74) is 8.03. The van der Waals surface area contributed by atoms with Crippen LogP contribution >= 0.6 is 0 Å². The Hall–Kier alpha value is -2.04. The van der Waals surface area contributed by atoms with E-state index in [9.17, 15) is 9.59 Å². The molecule has 0 atom stereocenters. The third-order valence-corrected chi connectivity index (χ3v) is 4.57. The molecule has 1 aliphatic carbocycles. The molecular weight excluding hydrogens is 278 g/mol. The highest BCUT2D eigenvalue weighted by Crippen LogP contribution is 2.29. The van der Waals surface area contributed by atoms with Crippen molar-refractivity contribution in [3.63, 3.8) is 0 Å². The number of piperidine rings is 1. The zero-order chi connectivity index (χ0) is 15.7. The standard InChI is InChI=1S/C17H23N3O2/c1-11-2-5-13(18)10-15(11)17(22)20-8-6-14(7-9-20)19-16(21)12-3-4-12/h2,5,10,12,14H,3-4,6-9,18H2,1H3,(H,19,21). The monoisotopic (exact) mass is 301 g/mol. The van der Waals surface area contributed by atoms with E-state index in [1.807, 2.05) is 24.0 Å². The number of aryl methyl sites for hydroxylation is 1. The Kier molecular flexibility index (Phi) is 4.05. The van der Waals surface area contributed by atoms with Crippen molar-refractivity contribution in [1.82, 2.24) is 10.2 Å². The zero-order valence-electron chi connectivity index (χ0n) is 13.0. The lowest BCUT2D eigenvalue weighted by Gasteiger charge is -2.32. The molecule has 5 nitrogen and oxygen atoms in total. The van der Waals surface area contributed by atoms with Crippen molar-refractivity contribution in [2.24, 2.45) is 5.92 Å². The topological polar surface area (TPSA) is 75.4 Å². The number of likely N-dealkylation sites (tertiary alicyclic amines) is 1. The number of benzene rings is 1. The van der Waals surface area contributed by atoms with E-state index in [1.165, 1.54) is 0 Å². The average molecular weight is 301 g/mol. The number of carbonyl (C=O) groups excluding carboxylic acids is 2. The number of hydrogen-bond acceptors (Lipinski definition) is 3. The van der Waals surface area contributed by atoms with Gasteiger partial charge in [-0.2, -0.15) is 0 Å². The van der Waals surface area contributed by atoms with E-state index >= 15 is 0 Å². The lowest BCUT2D eigenvalue weighted by Crippen LogP contribution is -2.47. The number of hydrogen-bond donors (Lipinski definition) is 2. The quantitative estimate of drug-likeness (QED) is 0.835. The van der Waals surface area contributed by atoms with Gasteiger partial charge in [0.05, 0.1) is 0 Å². The van der Waals surface area contributed by atoms with E-state index in [1.54, 1.807) is 6.07 Å². The van der Waals surface area contributed by atoms with E-state index in [0.29, 0.717) is 24.3 Å². The maximum atomic E-state index is 12.6. The van der Waals surface area contributed by atoms with Crippen LogP contribution in [0.3, 0.4) is 0 Å². The number of nitrogens with two attached hydrogens (primary N) is 1. The maximum Gasteiger partial charge on any atom is 0.254 e. The molecule has 5 heteroatoms. The smallest absolute Gasteiger partial charge is 0.254 e. The fourth-order valence-corrected chi connectivity index (χ4v) is 2.93. The number of amides is 2. The molecule has 3 rings (SSSR count). The van der Waals surface area contributed by atoms with Gasteiger partial charge in [0.2, 0.25) is 5.91 Å². The highest BCUT2D eigenvalue weighted by atomic mass is 16.2. The first-order valence-corrected chi connectivity index (χ1v) is 8.00. The molecule has 0 unspecified atom stereocenters. The van der Waals surface area contributed by atoms with Gasteiger partial charge in [-0.05, 0) is 50.3 Å². The van der Waals surface area contributed by atoms with Crippen LogP contribution in [0.5, 0.6) is 0 Å². The zero-order valence-corrected chi connectivity index (χ0v) is 13.0. The Balaban J connectivity index is 1.57. The molecule has 22 heavy (non-hydrogen) atoms. The van der Waals surface area contributed by atoms with Crippen LogP contribution in [0.15, 0.2) is 18.2 Å². The summed E-state index contributed by atoms with van der Waals surface area (Å²) in [6, 6.07) is 5.65. The normalized spacial score (nSPS) is 19.0. The van der Waals surface area contributed by atoms with E-state index < -0.39 is 0 Å². The Morgan fingerprint density at radius 1 is 1.18 bits per heavy atom. The number of rotatable bonds is 3. The summed E-state index contributed by atoms with van der Waals surface area (Å²) >= 11 is 0. The van der Waals surface area contributed by atoms with E-state index in [-0.39, 0.29) is 23.8 Å². The van der Waals surface area contributed by atoms with Gasteiger partial charge in [-0.3, -0.25) is 9.59 Å². The van der Waals surface area contributed by atoms with E-state index in [4.69, 9.17) is 5.73 Å². The van der Waals surface area contributed by atoms with Crippen LogP contribution < -0.4 is 11.1 Å². The van der Waals surface area contributed by atoms with Gasteiger partial charge in [-0.1, -0.05) is 6.07 Å². The fraction of sp³-hybridized carbons (Fsp3) is 0.529. The molecule has 0 spiro atoms. The molecule has 1 heterocycles. The summed E-state index contributed by atoms with van der Waals surface area (Å²) in [5.74, 6) is 0.475. The maximum absolute atomic E-state index is 12.6. The molecule has 0 radical (unpaired) electrons. The van der Waals surface area contributed by atoms with Gasteiger partial charge < -0.3 is 16.0 Å². The van der Waals surface area contributed by atoms with Crippen LogP contribution in [0.2, 0.25) is 0 Å². The lowest BCUT2D eigenvalue weighted by atomic mass is 10.0. The minimum absolute atomic E-state index is 0.0387. The largest absolute Gasteiger partial charge is 0.399 e. The summed E-state index contributed by atoms with van der Waals surface area (Å²) in [4.78, 5) is 26.3. The van der Waals surface area contributed by atoms with Crippen LogP contribution in [0, 0.1) is 12.8 Å². The minimum atomic E-state index is 0.0387. The predicted molar refractivity (Wildman–Crippen MR) is 85.4 cm³/mol. The number of carbonyl (C=O) groups is 2. The van der Waals surface area contributed by atoms with Crippen molar-refractivity contribution in [2.45, 2.75) is 38.6 Å². The van der Waals surface area contributed by atoms with Crippen molar-refractivity contribution in [1.29, 1.82) is 0 Å². The summed E-state index contributed by atoms with van der Waals surface area (Å²) in [5, 5.41) is 3.10. The number of nitrogens with zero attached hydrogens (tertiary/aromatic N) is 1. The highest BCUT2D eigenvalue weighted by molar-refractivity contribution is 5.96. The van der Waals surface area contributed by atoms with Crippen LogP contribution in [0.1, 0.15) is 41.6 Å². The van der Waals surface area contributed by atoms with Gasteiger partial charge in [0.15, 0.2) is 0 Å². The molecule has 1 aromatic rings. The lowest BCUT2D eigenvalue weighted by molar-refractivity contribution is -0.123. The summed E-state index contributed by atoms with van der Waals surface area (Å²) < 4.78 is 0. The molecule has 0 aromatic heterocycles. The summed E-state index contributed by atoms with van der Waals surface area (Å²) in [6.07, 6.45) is 3.70. The first-order chi connectivity index (χ1) is 10.5. The van der Waals surface area contributed by atoms with Gasteiger partial charge in [0.25, 0.3) is 5.91 Å². The van der Waals surface area contributed by atoms with Crippen LogP contribution in [-0.4, -0.2) is 35.8 Å². The van der Waals surface area contributed by atoms with Crippen molar-refractivity contribution in [3.05, 3.63) is 29.3 Å². The second kappa shape index (κ2) is 5.99. The Morgan fingerprint density at radius 2 is 1.86 bits per heavy atom. The molecule has 1 saturated carbocycles. The Labute approximate surface area is 130 Å². The predicted octanol–water partition coefficient (Wildman–Crippen LogP) is 1.71.